The van der Waals surface area contributed by atoms with Crippen LogP contribution in [0.15, 0.2) is 88.3 Å². The summed E-state index contributed by atoms with van der Waals surface area (Å²) in [6, 6.07) is 18.9. The third-order valence-corrected chi connectivity index (χ3v) is 9.54. The molecule has 0 amide bonds. The molecular weight excluding hydrogens is 516 g/mol. The molecule has 0 saturated carbocycles. The van der Waals surface area contributed by atoms with E-state index in [0.29, 0.717) is 37.1 Å². The topological polar surface area (TPSA) is 76.8 Å². The van der Waals surface area contributed by atoms with Crippen molar-refractivity contribution in [3.8, 4) is 17.0 Å². The fraction of sp³-hybridized carbons (Fsp3) is 0.310. The Labute approximate surface area is 228 Å². The van der Waals surface area contributed by atoms with Gasteiger partial charge in [-0.15, -0.1) is 11.3 Å². The number of aromatic nitrogens is 2. The van der Waals surface area contributed by atoms with E-state index in [9.17, 15) is 8.42 Å². The van der Waals surface area contributed by atoms with Gasteiger partial charge in [0.1, 0.15) is 5.75 Å². The highest BCUT2D eigenvalue weighted by Crippen LogP contribution is 2.27. The van der Waals surface area contributed by atoms with Crippen LogP contribution in [0.3, 0.4) is 0 Å². The highest BCUT2D eigenvalue weighted by molar-refractivity contribution is 7.89. The molecular formula is C29H32N4O3S2. The maximum atomic E-state index is 13.2. The summed E-state index contributed by atoms with van der Waals surface area (Å²) in [7, 11) is -3.49. The Kier molecular flexibility index (Phi) is 8.06. The Morgan fingerprint density at radius 2 is 1.79 bits per heavy atom. The number of pyridine rings is 1. The number of hydrogen-bond donors (Lipinski definition) is 0. The van der Waals surface area contributed by atoms with Crippen molar-refractivity contribution in [1.29, 1.82) is 0 Å². The first kappa shape index (κ1) is 26.3. The second kappa shape index (κ2) is 11.6. The number of sulfonamides is 1. The molecule has 1 aliphatic heterocycles. The Morgan fingerprint density at radius 1 is 1.05 bits per heavy atom. The Bertz CT molecular complexity index is 1520. The second-order valence-corrected chi connectivity index (χ2v) is 12.3. The van der Waals surface area contributed by atoms with Gasteiger partial charge in [-0.2, -0.15) is 4.31 Å². The Hall–Kier alpha value is -3.27. The van der Waals surface area contributed by atoms with Crippen LogP contribution in [0.5, 0.6) is 5.75 Å². The van der Waals surface area contributed by atoms with E-state index < -0.39 is 10.0 Å². The third-order valence-electron chi connectivity index (χ3n) is 6.76. The molecule has 0 bridgehead atoms. The van der Waals surface area contributed by atoms with Gasteiger partial charge in [0.15, 0.2) is 4.80 Å². The monoisotopic (exact) mass is 548 g/mol. The van der Waals surface area contributed by atoms with Crippen LogP contribution in [0.4, 0.5) is 5.69 Å². The smallest absolute Gasteiger partial charge is 0.243 e. The zero-order valence-corrected chi connectivity index (χ0v) is 23.3. The van der Waals surface area contributed by atoms with Crippen molar-refractivity contribution in [1.82, 2.24) is 13.9 Å². The summed E-state index contributed by atoms with van der Waals surface area (Å²) >= 11 is 1.55. The van der Waals surface area contributed by atoms with Gasteiger partial charge in [0.25, 0.3) is 0 Å². The van der Waals surface area contributed by atoms with Crippen LogP contribution in [-0.2, 0) is 16.6 Å². The molecule has 0 aliphatic carbocycles. The average Bonchev–Trinajstić information content (AvgIpc) is 3.32. The third kappa shape index (κ3) is 5.90. The SMILES string of the molecule is CCOc1ccc(N=c2scc(-c3ccc(S(=O)(=O)N4CCC(C)CC4)cc3)n2Cc2cccnc2)cc1. The van der Waals surface area contributed by atoms with Gasteiger partial charge in [0, 0.05) is 30.9 Å². The molecule has 0 unspecified atom stereocenters. The zero-order chi connectivity index (χ0) is 26.5. The fourth-order valence-corrected chi connectivity index (χ4v) is 6.94. The minimum absolute atomic E-state index is 0.337. The fourth-order valence-electron chi connectivity index (χ4n) is 4.54. The quantitative estimate of drug-likeness (QED) is 0.283. The summed E-state index contributed by atoms with van der Waals surface area (Å²) in [5.41, 5.74) is 3.79. The predicted octanol–water partition coefficient (Wildman–Crippen LogP) is 5.71. The summed E-state index contributed by atoms with van der Waals surface area (Å²) in [6.07, 6.45) is 5.42. The van der Waals surface area contributed by atoms with Crippen LogP contribution in [0.25, 0.3) is 11.3 Å². The van der Waals surface area contributed by atoms with Crippen molar-refractivity contribution in [3.63, 3.8) is 0 Å². The van der Waals surface area contributed by atoms with Crippen LogP contribution >= 0.6 is 11.3 Å². The van der Waals surface area contributed by atoms with Gasteiger partial charge in [-0.25, -0.2) is 13.4 Å². The zero-order valence-electron chi connectivity index (χ0n) is 21.7. The van der Waals surface area contributed by atoms with Crippen molar-refractivity contribution < 1.29 is 13.2 Å². The van der Waals surface area contributed by atoms with Crippen molar-refractivity contribution in [3.05, 3.63) is 88.8 Å². The molecule has 1 saturated heterocycles. The van der Waals surface area contributed by atoms with E-state index in [1.807, 2.05) is 61.7 Å². The molecule has 38 heavy (non-hydrogen) atoms. The van der Waals surface area contributed by atoms with Crippen molar-refractivity contribution in [2.24, 2.45) is 10.9 Å². The van der Waals surface area contributed by atoms with Crippen LogP contribution in [-0.4, -0.2) is 42.0 Å². The number of benzene rings is 2. The lowest BCUT2D eigenvalue weighted by Gasteiger charge is -2.29. The molecule has 5 rings (SSSR count). The molecule has 2 aromatic carbocycles. The lowest BCUT2D eigenvalue weighted by atomic mass is 10.0. The van der Waals surface area contributed by atoms with Crippen LogP contribution < -0.4 is 9.54 Å². The molecule has 3 heterocycles. The van der Waals surface area contributed by atoms with Crippen LogP contribution in [0.1, 0.15) is 32.3 Å². The number of thiazole rings is 1. The Balaban J connectivity index is 1.49. The van der Waals surface area contributed by atoms with Gasteiger partial charge >= 0.3 is 0 Å². The predicted molar refractivity (Wildman–Crippen MR) is 151 cm³/mol. The summed E-state index contributed by atoms with van der Waals surface area (Å²) in [5.74, 6) is 1.38. The first-order chi connectivity index (χ1) is 18.4. The number of nitrogens with zero attached hydrogens (tertiary/aromatic N) is 4. The first-order valence-corrected chi connectivity index (χ1v) is 15.2. The van der Waals surface area contributed by atoms with E-state index in [1.165, 1.54) is 0 Å². The van der Waals surface area contributed by atoms with Gasteiger partial charge in [-0.1, -0.05) is 25.1 Å². The minimum Gasteiger partial charge on any atom is -0.494 e. The first-order valence-electron chi connectivity index (χ1n) is 12.9. The van der Waals surface area contributed by atoms with Gasteiger partial charge in [-0.3, -0.25) is 4.98 Å². The number of rotatable bonds is 8. The molecule has 198 valence electrons. The molecule has 9 heteroatoms. The van der Waals surface area contributed by atoms with E-state index in [-0.39, 0.29) is 0 Å². The molecule has 0 N–H and O–H groups in total. The largest absolute Gasteiger partial charge is 0.494 e. The lowest BCUT2D eigenvalue weighted by Crippen LogP contribution is -2.37. The molecule has 7 nitrogen and oxygen atoms in total. The summed E-state index contributed by atoms with van der Waals surface area (Å²) < 4.78 is 35.7. The molecule has 0 spiro atoms. The second-order valence-electron chi connectivity index (χ2n) is 9.50. The normalized spacial score (nSPS) is 15.6. The highest BCUT2D eigenvalue weighted by atomic mass is 32.2. The molecule has 1 fully saturated rings. The van der Waals surface area contributed by atoms with Crippen molar-refractivity contribution in [2.75, 3.05) is 19.7 Å². The standard InChI is InChI=1S/C29H32N4O3S2/c1-3-36-26-10-8-25(9-11-26)31-29-33(20-23-5-4-16-30-19-23)28(21-37-29)24-6-12-27(13-7-24)38(34,35)32-17-14-22(2)15-18-32/h4-13,16,19,21-22H,3,14-15,17-18,20H2,1-2H3. The average molecular weight is 549 g/mol. The van der Waals surface area contributed by atoms with Gasteiger partial charge in [-0.05, 0) is 79.3 Å². The number of hydrogen-bond acceptors (Lipinski definition) is 6. The summed E-state index contributed by atoms with van der Waals surface area (Å²) in [6.45, 7) is 6.51. The Morgan fingerprint density at radius 3 is 2.45 bits per heavy atom. The maximum Gasteiger partial charge on any atom is 0.243 e. The number of ether oxygens (including phenoxy) is 1. The van der Waals surface area contributed by atoms with E-state index >= 15 is 0 Å². The van der Waals surface area contributed by atoms with Crippen LogP contribution in [0.2, 0.25) is 0 Å². The molecule has 2 aromatic heterocycles. The molecule has 1 aliphatic rings. The van der Waals surface area contributed by atoms with E-state index in [2.05, 4.69) is 21.9 Å². The maximum absolute atomic E-state index is 13.2. The summed E-state index contributed by atoms with van der Waals surface area (Å²) in [5, 5.41) is 2.07. The van der Waals surface area contributed by atoms with Gasteiger partial charge < -0.3 is 9.30 Å². The van der Waals surface area contributed by atoms with E-state index in [0.717, 1.165) is 45.9 Å². The van der Waals surface area contributed by atoms with Crippen LogP contribution in [0, 0.1) is 5.92 Å². The molecule has 0 atom stereocenters. The molecule has 0 radical (unpaired) electrons. The lowest BCUT2D eigenvalue weighted by molar-refractivity contribution is 0.288. The number of piperidine rings is 1. The van der Waals surface area contributed by atoms with E-state index in [1.54, 1.807) is 34.0 Å². The van der Waals surface area contributed by atoms with Crippen molar-refractivity contribution in [2.45, 2.75) is 38.1 Å². The molecule has 4 aromatic rings. The van der Waals surface area contributed by atoms with E-state index in [4.69, 9.17) is 9.73 Å². The minimum atomic E-state index is -3.49. The van der Waals surface area contributed by atoms with Gasteiger partial charge in [0.05, 0.1) is 29.4 Å². The van der Waals surface area contributed by atoms with Gasteiger partial charge in [0.2, 0.25) is 10.0 Å². The van der Waals surface area contributed by atoms with Crippen molar-refractivity contribution >= 4 is 27.0 Å². The highest BCUT2D eigenvalue weighted by Gasteiger charge is 2.28. The summed E-state index contributed by atoms with van der Waals surface area (Å²) in [4.78, 5) is 10.4.